The summed E-state index contributed by atoms with van der Waals surface area (Å²) in [4.78, 5) is 2.80. The van der Waals surface area contributed by atoms with Crippen LogP contribution < -0.4 is 5.32 Å². The van der Waals surface area contributed by atoms with Crippen molar-refractivity contribution in [1.29, 1.82) is 0 Å². The van der Waals surface area contributed by atoms with Crippen LogP contribution in [0.1, 0.15) is 47.0 Å². The number of hydrogen-bond acceptors (Lipinski definition) is 3. The third kappa shape index (κ3) is 4.17. The van der Waals surface area contributed by atoms with Crippen LogP contribution in [-0.4, -0.2) is 49.3 Å². The Hall–Kier alpha value is -0.120. The van der Waals surface area contributed by atoms with Crippen LogP contribution in [-0.2, 0) is 4.74 Å². The Bertz CT molecular complexity index is 261. The lowest BCUT2D eigenvalue weighted by molar-refractivity contribution is -0.0123. The Morgan fingerprint density at radius 2 is 1.84 bits per heavy atom. The molecule has 2 atom stereocenters. The molecule has 2 aliphatic rings. The molecule has 0 aromatic rings. The third-order valence-corrected chi connectivity index (χ3v) is 4.66. The monoisotopic (exact) mass is 268 g/mol. The minimum Gasteiger partial charge on any atom is -0.381 e. The summed E-state index contributed by atoms with van der Waals surface area (Å²) in [5.41, 5.74) is 0. The minimum absolute atomic E-state index is 0.679. The highest BCUT2D eigenvalue weighted by atomic mass is 16.5. The molecular weight excluding hydrogens is 236 g/mol. The van der Waals surface area contributed by atoms with Gasteiger partial charge in [0.15, 0.2) is 0 Å². The van der Waals surface area contributed by atoms with Crippen LogP contribution in [0.3, 0.4) is 0 Å². The molecule has 19 heavy (non-hydrogen) atoms. The van der Waals surface area contributed by atoms with Crippen molar-refractivity contribution >= 4 is 0 Å². The molecule has 2 saturated heterocycles. The molecule has 0 spiro atoms. The Labute approximate surface area is 119 Å². The molecule has 0 radical (unpaired) electrons. The first kappa shape index (κ1) is 15.3. The summed E-state index contributed by atoms with van der Waals surface area (Å²) in [6, 6.07) is 2.13. The molecule has 1 N–H and O–H groups in total. The summed E-state index contributed by atoms with van der Waals surface area (Å²) < 4.78 is 5.54. The third-order valence-electron chi connectivity index (χ3n) is 4.66. The van der Waals surface area contributed by atoms with Crippen molar-refractivity contribution in [3.05, 3.63) is 0 Å². The predicted molar refractivity (Wildman–Crippen MR) is 80.4 cm³/mol. The molecule has 2 fully saturated rings. The van der Waals surface area contributed by atoms with E-state index in [1.54, 1.807) is 0 Å². The first-order valence-corrected chi connectivity index (χ1v) is 8.14. The fourth-order valence-electron chi connectivity index (χ4n) is 3.64. The molecule has 3 nitrogen and oxygen atoms in total. The highest BCUT2D eigenvalue weighted by molar-refractivity contribution is 4.92. The summed E-state index contributed by atoms with van der Waals surface area (Å²) in [6.07, 6.45) is 3.74. The van der Waals surface area contributed by atoms with Crippen LogP contribution in [0, 0.1) is 11.8 Å². The summed E-state index contributed by atoms with van der Waals surface area (Å²) in [7, 11) is 0. The number of ether oxygens (including phenoxy) is 1. The molecule has 0 aromatic carbocycles. The van der Waals surface area contributed by atoms with Crippen LogP contribution in [0.4, 0.5) is 0 Å². The van der Waals surface area contributed by atoms with Gasteiger partial charge in [0, 0.05) is 44.4 Å². The van der Waals surface area contributed by atoms with Gasteiger partial charge in [-0.3, -0.25) is 4.90 Å². The van der Waals surface area contributed by atoms with E-state index in [1.807, 2.05) is 0 Å². The second-order valence-electron chi connectivity index (χ2n) is 7.09. The standard InChI is InChI=1S/C16H32N2O/c1-12(2)9-14-11-18(15-5-7-19-8-6-15)16(10-17-14)13(3)4/h12-17H,5-11H2,1-4H3. The Balaban J connectivity index is 1.99. The van der Waals surface area contributed by atoms with Crippen molar-refractivity contribution in [2.75, 3.05) is 26.3 Å². The Kier molecular flexibility index (Phi) is 5.67. The maximum atomic E-state index is 5.54. The summed E-state index contributed by atoms with van der Waals surface area (Å²) in [6.45, 7) is 13.7. The van der Waals surface area contributed by atoms with Crippen molar-refractivity contribution in [2.45, 2.75) is 65.1 Å². The summed E-state index contributed by atoms with van der Waals surface area (Å²) >= 11 is 0. The van der Waals surface area contributed by atoms with E-state index in [1.165, 1.54) is 25.8 Å². The molecule has 0 bridgehead atoms. The lowest BCUT2D eigenvalue weighted by Gasteiger charge is -2.47. The zero-order valence-electron chi connectivity index (χ0n) is 13.2. The minimum atomic E-state index is 0.679. The molecule has 0 aliphatic carbocycles. The van der Waals surface area contributed by atoms with Gasteiger partial charge in [-0.05, 0) is 31.1 Å². The van der Waals surface area contributed by atoms with Crippen LogP contribution in [0.5, 0.6) is 0 Å². The first-order chi connectivity index (χ1) is 9.08. The van der Waals surface area contributed by atoms with Gasteiger partial charge in [-0.2, -0.15) is 0 Å². The predicted octanol–water partition coefficient (Wildman–Crippen LogP) is 2.51. The van der Waals surface area contributed by atoms with E-state index >= 15 is 0 Å². The van der Waals surface area contributed by atoms with Crippen LogP contribution in [0.15, 0.2) is 0 Å². The normalized spacial score (nSPS) is 31.3. The van der Waals surface area contributed by atoms with E-state index in [4.69, 9.17) is 4.74 Å². The lowest BCUT2D eigenvalue weighted by Crippen LogP contribution is -2.61. The zero-order chi connectivity index (χ0) is 13.8. The molecule has 0 aromatic heterocycles. The molecule has 2 heterocycles. The average molecular weight is 268 g/mol. The van der Waals surface area contributed by atoms with Crippen LogP contribution in [0.2, 0.25) is 0 Å². The SMILES string of the molecule is CC(C)CC1CN(C2CCOCC2)C(C(C)C)CN1. The van der Waals surface area contributed by atoms with E-state index in [0.29, 0.717) is 12.1 Å². The molecule has 2 aliphatic heterocycles. The van der Waals surface area contributed by atoms with Crippen molar-refractivity contribution in [1.82, 2.24) is 10.2 Å². The number of nitrogens with zero attached hydrogens (tertiary/aromatic N) is 1. The smallest absolute Gasteiger partial charge is 0.0480 e. The van der Waals surface area contributed by atoms with Gasteiger partial charge < -0.3 is 10.1 Å². The van der Waals surface area contributed by atoms with Crippen molar-refractivity contribution < 1.29 is 4.74 Å². The van der Waals surface area contributed by atoms with Gasteiger partial charge in [0.2, 0.25) is 0 Å². The average Bonchev–Trinajstić information content (AvgIpc) is 2.38. The van der Waals surface area contributed by atoms with Crippen molar-refractivity contribution in [3.8, 4) is 0 Å². The van der Waals surface area contributed by atoms with Crippen LogP contribution >= 0.6 is 0 Å². The number of hydrogen-bond donors (Lipinski definition) is 1. The topological polar surface area (TPSA) is 24.5 Å². The molecule has 2 rings (SSSR count). The molecule has 0 amide bonds. The van der Waals surface area contributed by atoms with E-state index in [2.05, 4.69) is 37.9 Å². The fourth-order valence-corrected chi connectivity index (χ4v) is 3.64. The molecule has 2 unspecified atom stereocenters. The van der Waals surface area contributed by atoms with E-state index in [-0.39, 0.29) is 0 Å². The fraction of sp³-hybridized carbons (Fsp3) is 1.00. The first-order valence-electron chi connectivity index (χ1n) is 8.14. The quantitative estimate of drug-likeness (QED) is 0.848. The molecule has 3 heteroatoms. The second-order valence-corrected chi connectivity index (χ2v) is 7.09. The van der Waals surface area contributed by atoms with E-state index in [9.17, 15) is 0 Å². The Morgan fingerprint density at radius 1 is 1.16 bits per heavy atom. The van der Waals surface area contributed by atoms with Crippen molar-refractivity contribution in [3.63, 3.8) is 0 Å². The zero-order valence-corrected chi connectivity index (χ0v) is 13.2. The van der Waals surface area contributed by atoms with Gasteiger partial charge in [0.1, 0.15) is 0 Å². The summed E-state index contributed by atoms with van der Waals surface area (Å²) in [5.74, 6) is 1.51. The largest absolute Gasteiger partial charge is 0.381 e. The number of piperazine rings is 1. The van der Waals surface area contributed by atoms with E-state index < -0.39 is 0 Å². The van der Waals surface area contributed by atoms with Crippen molar-refractivity contribution in [2.24, 2.45) is 11.8 Å². The molecule has 112 valence electrons. The van der Waals surface area contributed by atoms with E-state index in [0.717, 1.165) is 37.6 Å². The molecule has 0 saturated carbocycles. The summed E-state index contributed by atoms with van der Waals surface area (Å²) in [5, 5.41) is 3.78. The Morgan fingerprint density at radius 3 is 2.42 bits per heavy atom. The van der Waals surface area contributed by atoms with Gasteiger partial charge in [-0.1, -0.05) is 27.7 Å². The second kappa shape index (κ2) is 7.05. The number of rotatable bonds is 4. The molecular formula is C16H32N2O. The highest BCUT2D eigenvalue weighted by Gasteiger charge is 2.34. The highest BCUT2D eigenvalue weighted by Crippen LogP contribution is 2.25. The van der Waals surface area contributed by atoms with Gasteiger partial charge in [0.25, 0.3) is 0 Å². The number of nitrogens with one attached hydrogen (secondary N) is 1. The van der Waals surface area contributed by atoms with Gasteiger partial charge in [-0.15, -0.1) is 0 Å². The van der Waals surface area contributed by atoms with Gasteiger partial charge in [0.05, 0.1) is 0 Å². The van der Waals surface area contributed by atoms with Gasteiger partial charge >= 0.3 is 0 Å². The lowest BCUT2D eigenvalue weighted by atomic mass is 9.91. The maximum absolute atomic E-state index is 5.54. The van der Waals surface area contributed by atoms with Gasteiger partial charge in [-0.25, -0.2) is 0 Å². The van der Waals surface area contributed by atoms with Crippen LogP contribution in [0.25, 0.3) is 0 Å². The maximum Gasteiger partial charge on any atom is 0.0480 e.